The van der Waals surface area contributed by atoms with Crippen molar-refractivity contribution in [3.63, 3.8) is 0 Å². The summed E-state index contributed by atoms with van der Waals surface area (Å²) in [5.74, 6) is -1.16. The van der Waals surface area contributed by atoms with Gasteiger partial charge < -0.3 is 5.11 Å². The first-order valence-corrected chi connectivity index (χ1v) is 9.52. The second-order valence-electron chi connectivity index (χ2n) is 5.23. The Balaban J connectivity index is 1.76. The number of aromatic nitrogens is 3. The highest BCUT2D eigenvalue weighted by Crippen LogP contribution is 2.23. The summed E-state index contributed by atoms with van der Waals surface area (Å²) in [7, 11) is -3.80. The number of carboxylic acid groups (broad SMARTS) is 1. The van der Waals surface area contributed by atoms with Gasteiger partial charge in [-0.25, -0.2) is 27.6 Å². The molecule has 8 nitrogen and oxygen atoms in total. The average molecular weight is 378 g/mol. The van der Waals surface area contributed by atoms with Crippen LogP contribution in [0, 0.1) is 0 Å². The number of benzene rings is 1. The van der Waals surface area contributed by atoms with Crippen LogP contribution in [0.2, 0.25) is 0 Å². The van der Waals surface area contributed by atoms with Gasteiger partial charge in [0, 0.05) is 11.4 Å². The molecule has 0 aliphatic rings. The molecule has 25 heavy (non-hydrogen) atoms. The van der Waals surface area contributed by atoms with Crippen LogP contribution in [-0.4, -0.2) is 34.3 Å². The van der Waals surface area contributed by atoms with E-state index in [1.165, 1.54) is 11.7 Å². The number of thiophene rings is 1. The standard InChI is InChI=1S/C15H14N4O4S2/c1-10(11-2-4-13(5-3-11)19-9-16-8-17-19)18-25(22,23)14-6-12(7-24-14)15(20)21/h2-10,18H,1H3,(H,20,21)/t10-/m0/s1. The molecule has 0 saturated carbocycles. The molecule has 0 aliphatic heterocycles. The fourth-order valence-corrected chi connectivity index (χ4v) is 4.59. The molecule has 0 aliphatic carbocycles. The second-order valence-corrected chi connectivity index (χ2v) is 8.09. The summed E-state index contributed by atoms with van der Waals surface area (Å²) in [5, 5.41) is 14.2. The Labute approximate surface area is 147 Å². The zero-order valence-corrected chi connectivity index (χ0v) is 14.7. The van der Waals surface area contributed by atoms with E-state index in [4.69, 9.17) is 5.11 Å². The molecular formula is C15H14N4O4S2. The molecule has 0 unspecified atom stereocenters. The predicted molar refractivity (Wildman–Crippen MR) is 91.4 cm³/mol. The van der Waals surface area contributed by atoms with E-state index in [2.05, 4.69) is 14.8 Å². The van der Waals surface area contributed by atoms with E-state index in [0.717, 1.165) is 28.7 Å². The van der Waals surface area contributed by atoms with Crippen LogP contribution in [0.5, 0.6) is 0 Å². The van der Waals surface area contributed by atoms with Crippen LogP contribution in [0.4, 0.5) is 0 Å². The maximum Gasteiger partial charge on any atom is 0.336 e. The Morgan fingerprint density at radius 1 is 1.32 bits per heavy atom. The zero-order chi connectivity index (χ0) is 18.0. The number of nitrogens with one attached hydrogen (secondary N) is 1. The molecule has 3 aromatic rings. The molecule has 2 heterocycles. The SMILES string of the molecule is C[C@H](NS(=O)(=O)c1cc(C(=O)O)cs1)c1ccc(-n2cncn2)cc1. The summed E-state index contributed by atoms with van der Waals surface area (Å²) >= 11 is 0.873. The van der Waals surface area contributed by atoms with Crippen molar-refractivity contribution in [2.24, 2.45) is 0 Å². The molecule has 0 fully saturated rings. The van der Waals surface area contributed by atoms with Gasteiger partial charge in [0.1, 0.15) is 16.9 Å². The number of aromatic carboxylic acids is 1. The van der Waals surface area contributed by atoms with Gasteiger partial charge in [-0.2, -0.15) is 5.10 Å². The lowest BCUT2D eigenvalue weighted by molar-refractivity contribution is 0.0697. The summed E-state index contributed by atoms with van der Waals surface area (Å²) < 4.78 is 28.9. The Bertz CT molecular complexity index is 979. The van der Waals surface area contributed by atoms with Crippen molar-refractivity contribution in [3.05, 3.63) is 59.5 Å². The van der Waals surface area contributed by atoms with Gasteiger partial charge in [0.15, 0.2) is 0 Å². The maximum atomic E-state index is 12.4. The summed E-state index contributed by atoms with van der Waals surface area (Å²) in [5.41, 5.74) is 1.53. The van der Waals surface area contributed by atoms with Crippen LogP contribution >= 0.6 is 11.3 Å². The minimum atomic E-state index is -3.80. The van der Waals surface area contributed by atoms with Gasteiger partial charge in [-0.05, 0) is 30.7 Å². The topological polar surface area (TPSA) is 114 Å². The lowest BCUT2D eigenvalue weighted by Gasteiger charge is -2.14. The number of hydrogen-bond acceptors (Lipinski definition) is 6. The molecule has 2 N–H and O–H groups in total. The zero-order valence-electron chi connectivity index (χ0n) is 13.0. The van der Waals surface area contributed by atoms with Gasteiger partial charge in [0.25, 0.3) is 10.0 Å². The van der Waals surface area contributed by atoms with Crippen LogP contribution in [0.1, 0.15) is 28.9 Å². The minimum Gasteiger partial charge on any atom is -0.478 e. The van der Waals surface area contributed by atoms with Crippen molar-refractivity contribution in [1.82, 2.24) is 19.5 Å². The second kappa shape index (κ2) is 6.75. The van der Waals surface area contributed by atoms with Crippen molar-refractivity contribution in [2.45, 2.75) is 17.2 Å². The third-order valence-corrected chi connectivity index (χ3v) is 6.48. The van der Waals surface area contributed by atoms with E-state index in [1.54, 1.807) is 30.1 Å². The molecule has 0 spiro atoms. The van der Waals surface area contributed by atoms with E-state index in [-0.39, 0.29) is 9.77 Å². The first-order valence-electron chi connectivity index (χ1n) is 7.16. The first-order chi connectivity index (χ1) is 11.9. The van der Waals surface area contributed by atoms with Crippen molar-refractivity contribution >= 4 is 27.3 Å². The Morgan fingerprint density at radius 2 is 2.04 bits per heavy atom. The quantitative estimate of drug-likeness (QED) is 0.679. The Morgan fingerprint density at radius 3 is 2.60 bits per heavy atom. The van der Waals surface area contributed by atoms with E-state index in [9.17, 15) is 13.2 Å². The molecule has 2 aromatic heterocycles. The van der Waals surface area contributed by atoms with E-state index in [1.807, 2.05) is 12.1 Å². The van der Waals surface area contributed by atoms with Crippen LogP contribution in [0.15, 0.2) is 52.6 Å². The lowest BCUT2D eigenvalue weighted by atomic mass is 10.1. The van der Waals surface area contributed by atoms with Gasteiger partial charge in [0.05, 0.1) is 11.3 Å². The Kier molecular flexibility index (Phi) is 4.66. The smallest absolute Gasteiger partial charge is 0.336 e. The Hall–Kier alpha value is -2.56. The number of rotatable bonds is 6. The number of nitrogens with zero attached hydrogens (tertiary/aromatic N) is 3. The number of carboxylic acids is 1. The van der Waals surface area contributed by atoms with Gasteiger partial charge >= 0.3 is 5.97 Å². The fourth-order valence-electron chi connectivity index (χ4n) is 2.19. The third kappa shape index (κ3) is 3.76. The lowest BCUT2D eigenvalue weighted by Crippen LogP contribution is -2.26. The average Bonchev–Trinajstić information content (AvgIpc) is 3.26. The predicted octanol–water partition coefficient (Wildman–Crippen LogP) is 2.07. The van der Waals surface area contributed by atoms with Crippen molar-refractivity contribution in [2.75, 3.05) is 0 Å². The number of carbonyl (C=O) groups is 1. The van der Waals surface area contributed by atoms with Crippen LogP contribution in [-0.2, 0) is 10.0 Å². The largest absolute Gasteiger partial charge is 0.478 e. The number of hydrogen-bond donors (Lipinski definition) is 2. The van der Waals surface area contributed by atoms with E-state index >= 15 is 0 Å². The minimum absolute atomic E-state index is 0.0315. The third-order valence-electron chi connectivity index (χ3n) is 3.50. The van der Waals surface area contributed by atoms with Gasteiger partial charge in [0.2, 0.25) is 0 Å². The molecule has 0 radical (unpaired) electrons. The fraction of sp³-hybridized carbons (Fsp3) is 0.133. The van der Waals surface area contributed by atoms with E-state index in [0.29, 0.717) is 0 Å². The van der Waals surface area contributed by atoms with Crippen molar-refractivity contribution in [3.8, 4) is 5.69 Å². The monoisotopic (exact) mass is 378 g/mol. The summed E-state index contributed by atoms with van der Waals surface area (Å²) in [6, 6.07) is 7.87. The van der Waals surface area contributed by atoms with Crippen LogP contribution in [0.25, 0.3) is 5.69 Å². The number of sulfonamides is 1. The molecule has 0 saturated heterocycles. The van der Waals surface area contributed by atoms with Crippen LogP contribution < -0.4 is 4.72 Å². The molecule has 0 amide bonds. The van der Waals surface area contributed by atoms with Gasteiger partial charge in [-0.1, -0.05) is 12.1 Å². The molecule has 10 heteroatoms. The molecule has 3 rings (SSSR count). The molecule has 1 atom stereocenters. The highest BCUT2D eigenvalue weighted by Gasteiger charge is 2.21. The highest BCUT2D eigenvalue weighted by molar-refractivity contribution is 7.91. The normalized spacial score (nSPS) is 12.8. The molecule has 1 aromatic carbocycles. The first kappa shape index (κ1) is 17.3. The maximum absolute atomic E-state index is 12.4. The van der Waals surface area contributed by atoms with Crippen LogP contribution in [0.3, 0.4) is 0 Å². The molecular weight excluding hydrogens is 364 g/mol. The summed E-state index contributed by atoms with van der Waals surface area (Å²) in [4.78, 5) is 14.8. The van der Waals surface area contributed by atoms with Gasteiger partial charge in [-0.3, -0.25) is 0 Å². The van der Waals surface area contributed by atoms with E-state index < -0.39 is 22.0 Å². The van der Waals surface area contributed by atoms with Crippen molar-refractivity contribution in [1.29, 1.82) is 0 Å². The van der Waals surface area contributed by atoms with Crippen molar-refractivity contribution < 1.29 is 18.3 Å². The highest BCUT2D eigenvalue weighted by atomic mass is 32.2. The summed E-state index contributed by atoms with van der Waals surface area (Å²) in [6.45, 7) is 1.72. The summed E-state index contributed by atoms with van der Waals surface area (Å²) in [6.07, 6.45) is 3.00. The molecule has 0 bridgehead atoms. The molecule has 130 valence electrons. The van der Waals surface area contributed by atoms with Gasteiger partial charge in [-0.15, -0.1) is 11.3 Å².